The lowest BCUT2D eigenvalue weighted by Crippen LogP contribution is -2.29. The van der Waals surface area contributed by atoms with Crippen LogP contribution in [0.3, 0.4) is 0 Å². The Balaban J connectivity index is 1.61. The average molecular weight is 435 g/mol. The zero-order chi connectivity index (χ0) is 21.5. The Morgan fingerprint density at radius 2 is 1.97 bits per heavy atom. The minimum absolute atomic E-state index is 0.151. The van der Waals surface area contributed by atoms with Gasteiger partial charge < -0.3 is 4.74 Å². The third-order valence-corrected chi connectivity index (χ3v) is 5.67. The Labute approximate surface area is 182 Å². The fourth-order valence-corrected chi connectivity index (χ4v) is 3.85. The number of methoxy groups -OCH3 is 1. The standard InChI is InChI=1S/C23H19ClN4O3/c1-31-18-9-7-14(8-10-18)20(29)13-27-23(30)22-19(21(26-27)15-5-6-15)12-25-28(22)17-4-2-3-16(24)11-17/h2-4,7-12,15H,5-6,13H2,1H3. The van der Waals surface area contributed by atoms with E-state index in [1.165, 1.54) is 4.68 Å². The number of fused-ring (bicyclic) bond motifs is 1. The molecule has 156 valence electrons. The summed E-state index contributed by atoms with van der Waals surface area (Å²) in [5.74, 6) is 0.740. The lowest BCUT2D eigenvalue weighted by atomic mass is 10.1. The molecular formula is C23H19ClN4O3. The van der Waals surface area contributed by atoms with E-state index in [-0.39, 0.29) is 23.8 Å². The van der Waals surface area contributed by atoms with Crippen LogP contribution in [-0.4, -0.2) is 32.5 Å². The average Bonchev–Trinajstić information content (AvgIpc) is 3.53. The molecular weight excluding hydrogens is 416 g/mol. The lowest BCUT2D eigenvalue weighted by molar-refractivity contribution is 0.0965. The monoisotopic (exact) mass is 434 g/mol. The molecule has 0 amide bonds. The van der Waals surface area contributed by atoms with Crippen molar-refractivity contribution in [2.24, 2.45) is 0 Å². The molecule has 0 unspecified atom stereocenters. The summed E-state index contributed by atoms with van der Waals surface area (Å²) in [6.07, 6.45) is 3.69. The summed E-state index contributed by atoms with van der Waals surface area (Å²) >= 11 is 6.14. The number of nitrogens with zero attached hydrogens (tertiary/aromatic N) is 4. The van der Waals surface area contributed by atoms with Crippen LogP contribution in [0.5, 0.6) is 5.75 Å². The highest BCUT2D eigenvalue weighted by molar-refractivity contribution is 6.30. The molecule has 4 aromatic rings. The summed E-state index contributed by atoms with van der Waals surface area (Å²) in [6.45, 7) is -0.151. The molecule has 1 aliphatic rings. The maximum atomic E-state index is 13.4. The van der Waals surface area contributed by atoms with Crippen LogP contribution < -0.4 is 10.3 Å². The molecule has 31 heavy (non-hydrogen) atoms. The van der Waals surface area contributed by atoms with Gasteiger partial charge in [0.05, 0.1) is 24.7 Å². The van der Waals surface area contributed by atoms with Crippen molar-refractivity contribution < 1.29 is 9.53 Å². The van der Waals surface area contributed by atoms with Crippen molar-refractivity contribution in [3.63, 3.8) is 0 Å². The Morgan fingerprint density at radius 3 is 2.65 bits per heavy atom. The predicted molar refractivity (Wildman–Crippen MR) is 117 cm³/mol. The van der Waals surface area contributed by atoms with Crippen molar-refractivity contribution in [3.05, 3.63) is 81.4 Å². The molecule has 0 aliphatic heterocycles. The Morgan fingerprint density at radius 1 is 1.19 bits per heavy atom. The van der Waals surface area contributed by atoms with Crippen LogP contribution in [-0.2, 0) is 6.54 Å². The van der Waals surface area contributed by atoms with E-state index in [9.17, 15) is 9.59 Å². The van der Waals surface area contributed by atoms with E-state index in [1.807, 2.05) is 6.07 Å². The molecule has 0 spiro atoms. The predicted octanol–water partition coefficient (Wildman–Crippen LogP) is 4.00. The second-order valence-corrected chi connectivity index (χ2v) is 8.01. The number of hydrogen-bond acceptors (Lipinski definition) is 5. The molecule has 1 saturated carbocycles. The number of Topliss-reactive ketones (excluding diaryl/α,β-unsaturated/α-hetero) is 1. The van der Waals surface area contributed by atoms with Gasteiger partial charge in [-0.3, -0.25) is 9.59 Å². The summed E-state index contributed by atoms with van der Waals surface area (Å²) in [7, 11) is 1.57. The van der Waals surface area contributed by atoms with Gasteiger partial charge in [-0.2, -0.15) is 10.2 Å². The molecule has 0 atom stereocenters. The van der Waals surface area contributed by atoms with Gasteiger partial charge in [0, 0.05) is 21.9 Å². The van der Waals surface area contributed by atoms with Crippen LogP contribution in [0.15, 0.2) is 59.5 Å². The van der Waals surface area contributed by atoms with Crippen LogP contribution in [0.25, 0.3) is 16.6 Å². The SMILES string of the molecule is COc1ccc(C(=O)Cn2nc(C3CC3)c3cnn(-c4cccc(Cl)c4)c3c2=O)cc1. The van der Waals surface area contributed by atoms with Crippen LogP contribution in [0.4, 0.5) is 0 Å². The quantitative estimate of drug-likeness (QED) is 0.428. The number of aromatic nitrogens is 4. The van der Waals surface area contributed by atoms with Crippen LogP contribution in [0, 0.1) is 0 Å². The van der Waals surface area contributed by atoms with E-state index in [2.05, 4.69) is 10.2 Å². The maximum absolute atomic E-state index is 13.4. The highest BCUT2D eigenvalue weighted by Gasteiger charge is 2.30. The lowest BCUT2D eigenvalue weighted by Gasteiger charge is -2.10. The zero-order valence-electron chi connectivity index (χ0n) is 16.8. The number of benzene rings is 2. The Kier molecular flexibility index (Phi) is 4.82. The molecule has 2 aromatic carbocycles. The largest absolute Gasteiger partial charge is 0.497 e. The summed E-state index contributed by atoms with van der Waals surface area (Å²) < 4.78 is 7.97. The van der Waals surface area contributed by atoms with E-state index in [0.29, 0.717) is 27.5 Å². The fourth-order valence-electron chi connectivity index (χ4n) is 3.67. The normalized spacial score (nSPS) is 13.5. The number of hydrogen-bond donors (Lipinski definition) is 0. The number of ether oxygens (including phenoxy) is 1. The third kappa shape index (κ3) is 3.61. The second kappa shape index (κ2) is 7.67. The molecule has 1 aliphatic carbocycles. The van der Waals surface area contributed by atoms with E-state index in [1.54, 1.807) is 60.5 Å². The summed E-state index contributed by atoms with van der Waals surface area (Å²) in [5.41, 5.74) is 2.03. The summed E-state index contributed by atoms with van der Waals surface area (Å²) in [5, 5.41) is 10.3. The number of halogens is 1. The number of ketones is 1. The van der Waals surface area contributed by atoms with E-state index < -0.39 is 0 Å². The second-order valence-electron chi connectivity index (χ2n) is 7.57. The molecule has 0 bridgehead atoms. The molecule has 0 saturated heterocycles. The van der Waals surface area contributed by atoms with Crippen molar-refractivity contribution in [2.45, 2.75) is 25.3 Å². The Hall–Kier alpha value is -3.45. The summed E-state index contributed by atoms with van der Waals surface area (Å²) in [6, 6.07) is 14.0. The molecule has 5 rings (SSSR count). The van der Waals surface area contributed by atoms with Gasteiger partial charge >= 0.3 is 0 Å². The molecule has 8 heteroatoms. The first-order chi connectivity index (χ1) is 15.0. The van der Waals surface area contributed by atoms with Crippen LogP contribution >= 0.6 is 11.6 Å². The van der Waals surface area contributed by atoms with Gasteiger partial charge in [0.2, 0.25) is 0 Å². The number of carbonyl (C=O) groups excluding carboxylic acids is 1. The van der Waals surface area contributed by atoms with Crippen LogP contribution in [0.2, 0.25) is 5.02 Å². The van der Waals surface area contributed by atoms with E-state index in [0.717, 1.165) is 23.9 Å². The third-order valence-electron chi connectivity index (χ3n) is 5.43. The van der Waals surface area contributed by atoms with E-state index in [4.69, 9.17) is 16.3 Å². The fraction of sp³-hybridized carbons (Fsp3) is 0.217. The van der Waals surface area contributed by atoms with Gasteiger partial charge in [0.15, 0.2) is 5.78 Å². The van der Waals surface area contributed by atoms with Gasteiger partial charge in [-0.15, -0.1) is 0 Å². The van der Waals surface area contributed by atoms with Crippen molar-refractivity contribution >= 4 is 28.3 Å². The molecule has 2 aromatic heterocycles. The van der Waals surface area contributed by atoms with Gasteiger partial charge in [-0.05, 0) is 55.3 Å². The van der Waals surface area contributed by atoms with Gasteiger partial charge in [-0.1, -0.05) is 17.7 Å². The highest BCUT2D eigenvalue weighted by Crippen LogP contribution is 2.41. The molecule has 1 fully saturated rings. The topological polar surface area (TPSA) is 79.0 Å². The van der Waals surface area contributed by atoms with Crippen molar-refractivity contribution in [2.75, 3.05) is 7.11 Å². The first-order valence-electron chi connectivity index (χ1n) is 9.97. The van der Waals surface area contributed by atoms with Crippen molar-refractivity contribution in [1.29, 1.82) is 0 Å². The van der Waals surface area contributed by atoms with Crippen molar-refractivity contribution in [3.8, 4) is 11.4 Å². The van der Waals surface area contributed by atoms with Gasteiger partial charge in [0.1, 0.15) is 17.8 Å². The van der Waals surface area contributed by atoms with Crippen molar-refractivity contribution in [1.82, 2.24) is 19.6 Å². The zero-order valence-corrected chi connectivity index (χ0v) is 17.5. The Bertz CT molecular complexity index is 1350. The van der Waals surface area contributed by atoms with Gasteiger partial charge in [0.25, 0.3) is 5.56 Å². The van der Waals surface area contributed by atoms with E-state index >= 15 is 0 Å². The first-order valence-corrected chi connectivity index (χ1v) is 10.3. The number of rotatable bonds is 6. The van der Waals surface area contributed by atoms with Gasteiger partial charge in [-0.25, -0.2) is 9.36 Å². The highest BCUT2D eigenvalue weighted by atomic mass is 35.5. The molecule has 0 N–H and O–H groups in total. The molecule has 7 nitrogen and oxygen atoms in total. The first kappa shape index (κ1) is 19.5. The number of carbonyl (C=O) groups is 1. The smallest absolute Gasteiger partial charge is 0.293 e. The van der Waals surface area contributed by atoms with Crippen LogP contribution in [0.1, 0.15) is 34.8 Å². The minimum atomic E-state index is -0.362. The minimum Gasteiger partial charge on any atom is -0.497 e. The summed E-state index contributed by atoms with van der Waals surface area (Å²) in [4.78, 5) is 26.2. The molecule has 0 radical (unpaired) electrons. The molecule has 2 heterocycles. The maximum Gasteiger partial charge on any atom is 0.293 e.